The van der Waals surface area contributed by atoms with Gasteiger partial charge in [0, 0.05) is 37.1 Å². The molecule has 0 bridgehead atoms. The fraction of sp³-hybridized carbons (Fsp3) is 0.435. The summed E-state index contributed by atoms with van der Waals surface area (Å²) in [6, 6.07) is 6.27. The first-order valence-corrected chi connectivity index (χ1v) is 13.5. The second-order valence-corrected chi connectivity index (χ2v) is 10.9. The van der Waals surface area contributed by atoms with Crippen LogP contribution in [-0.4, -0.2) is 48.1 Å². The van der Waals surface area contributed by atoms with Crippen molar-refractivity contribution in [3.8, 4) is 0 Å². The number of sulfonamides is 1. The van der Waals surface area contributed by atoms with Crippen molar-refractivity contribution in [3.05, 3.63) is 53.3 Å². The SMILES string of the molecule is CCN(CC)S(=O)(=O)c1ccc2c(c1)nc(SCc1cc(F)cc(F)c1F)n2C[C@@H]1CCCO1. The molecule has 4 rings (SSSR count). The fourth-order valence-electron chi connectivity index (χ4n) is 4.10. The van der Waals surface area contributed by atoms with E-state index in [1.165, 1.54) is 10.4 Å². The molecule has 3 aromatic rings. The highest BCUT2D eigenvalue weighted by molar-refractivity contribution is 7.98. The van der Waals surface area contributed by atoms with Gasteiger partial charge in [-0.05, 0) is 37.1 Å². The minimum atomic E-state index is -3.67. The molecule has 0 spiro atoms. The molecule has 2 heterocycles. The molecule has 0 radical (unpaired) electrons. The molecule has 0 aliphatic carbocycles. The Kier molecular flexibility index (Phi) is 7.56. The predicted octanol–water partition coefficient (Wildman–Crippen LogP) is 4.96. The first-order chi connectivity index (χ1) is 16.2. The second kappa shape index (κ2) is 10.3. The quantitative estimate of drug-likeness (QED) is 0.299. The Balaban J connectivity index is 1.72. The van der Waals surface area contributed by atoms with Gasteiger partial charge in [-0.15, -0.1) is 0 Å². The maximum Gasteiger partial charge on any atom is 0.243 e. The molecule has 2 aromatic carbocycles. The molecule has 1 saturated heterocycles. The summed E-state index contributed by atoms with van der Waals surface area (Å²) in [6.07, 6.45) is 1.79. The standard InChI is InChI=1S/C23H26F3N3O3S2/c1-3-28(4-2)34(30,31)18-7-8-21-20(12-18)27-23(29(21)13-17-6-5-9-32-17)33-14-15-10-16(24)11-19(25)22(15)26/h7-8,10-12,17H,3-6,9,13-14H2,1-2H3/t17-/m0/s1. The number of rotatable bonds is 9. The minimum Gasteiger partial charge on any atom is -0.376 e. The number of thioether (sulfide) groups is 1. The molecule has 1 fully saturated rings. The molecule has 34 heavy (non-hydrogen) atoms. The van der Waals surface area contributed by atoms with Crippen molar-refractivity contribution >= 4 is 32.8 Å². The van der Waals surface area contributed by atoms with Gasteiger partial charge in [-0.2, -0.15) is 4.31 Å². The summed E-state index contributed by atoms with van der Waals surface area (Å²) in [5, 5.41) is 0.493. The zero-order chi connectivity index (χ0) is 24.5. The van der Waals surface area contributed by atoms with Crippen molar-refractivity contribution in [2.24, 2.45) is 0 Å². The number of fused-ring (bicyclic) bond motifs is 1. The molecule has 0 unspecified atom stereocenters. The van der Waals surface area contributed by atoms with Crippen LogP contribution >= 0.6 is 11.8 Å². The summed E-state index contributed by atoms with van der Waals surface area (Å²) in [5.74, 6) is -3.23. The van der Waals surface area contributed by atoms with Crippen molar-refractivity contribution in [2.75, 3.05) is 19.7 Å². The highest BCUT2D eigenvalue weighted by Gasteiger charge is 2.25. The van der Waals surface area contributed by atoms with E-state index in [4.69, 9.17) is 4.74 Å². The number of hydrogen-bond acceptors (Lipinski definition) is 5. The van der Waals surface area contributed by atoms with Gasteiger partial charge < -0.3 is 9.30 Å². The van der Waals surface area contributed by atoms with Crippen LogP contribution in [0, 0.1) is 17.5 Å². The van der Waals surface area contributed by atoms with Crippen LogP contribution in [0.4, 0.5) is 13.2 Å². The van der Waals surface area contributed by atoms with E-state index in [2.05, 4.69) is 4.98 Å². The molecule has 184 valence electrons. The van der Waals surface area contributed by atoms with E-state index in [1.807, 2.05) is 4.57 Å². The Morgan fingerprint density at radius 3 is 2.62 bits per heavy atom. The summed E-state index contributed by atoms with van der Waals surface area (Å²) >= 11 is 1.13. The van der Waals surface area contributed by atoms with Gasteiger partial charge in [0.2, 0.25) is 10.0 Å². The number of imidazole rings is 1. The van der Waals surface area contributed by atoms with E-state index in [-0.39, 0.29) is 22.3 Å². The molecule has 1 aliphatic rings. The Labute approximate surface area is 201 Å². The largest absolute Gasteiger partial charge is 0.376 e. The summed E-state index contributed by atoms with van der Waals surface area (Å²) in [6.45, 7) is 5.40. The summed E-state index contributed by atoms with van der Waals surface area (Å²) in [7, 11) is -3.67. The Morgan fingerprint density at radius 1 is 1.18 bits per heavy atom. The van der Waals surface area contributed by atoms with Crippen molar-refractivity contribution in [1.82, 2.24) is 13.9 Å². The summed E-state index contributed by atoms with van der Waals surface area (Å²) in [5.41, 5.74) is 1.07. The molecule has 11 heteroatoms. The van der Waals surface area contributed by atoms with E-state index in [0.29, 0.717) is 48.5 Å². The summed E-state index contributed by atoms with van der Waals surface area (Å²) < 4.78 is 76.4. The molecule has 0 amide bonds. The highest BCUT2D eigenvalue weighted by Crippen LogP contribution is 2.31. The van der Waals surface area contributed by atoms with Crippen LogP contribution in [-0.2, 0) is 27.1 Å². The van der Waals surface area contributed by atoms with Gasteiger partial charge in [0.25, 0.3) is 0 Å². The van der Waals surface area contributed by atoms with E-state index < -0.39 is 27.5 Å². The molecule has 0 saturated carbocycles. The molecule has 6 nitrogen and oxygen atoms in total. The third-order valence-electron chi connectivity index (χ3n) is 5.86. The van der Waals surface area contributed by atoms with Crippen molar-refractivity contribution in [1.29, 1.82) is 0 Å². The normalized spacial score (nSPS) is 16.7. The van der Waals surface area contributed by atoms with Gasteiger partial charge in [-0.3, -0.25) is 0 Å². The second-order valence-electron chi connectivity index (χ2n) is 8.03. The number of nitrogens with zero attached hydrogens (tertiary/aromatic N) is 3. The monoisotopic (exact) mass is 513 g/mol. The zero-order valence-corrected chi connectivity index (χ0v) is 20.6. The molecular formula is C23H26F3N3O3S2. The van der Waals surface area contributed by atoms with Crippen molar-refractivity contribution < 1.29 is 26.3 Å². The Hall–Kier alpha value is -2.08. The van der Waals surface area contributed by atoms with Gasteiger partial charge in [0.15, 0.2) is 16.8 Å². The molecular weight excluding hydrogens is 487 g/mol. The number of aromatic nitrogens is 2. The van der Waals surface area contributed by atoms with Crippen LogP contribution in [0.1, 0.15) is 32.3 Å². The molecule has 1 atom stereocenters. The van der Waals surface area contributed by atoms with Gasteiger partial charge in [-0.1, -0.05) is 25.6 Å². The highest BCUT2D eigenvalue weighted by atomic mass is 32.2. The van der Waals surface area contributed by atoms with Crippen molar-refractivity contribution in [3.63, 3.8) is 0 Å². The van der Waals surface area contributed by atoms with E-state index in [9.17, 15) is 21.6 Å². The number of hydrogen-bond donors (Lipinski definition) is 0. The van der Waals surface area contributed by atoms with E-state index in [1.54, 1.807) is 26.0 Å². The first-order valence-electron chi connectivity index (χ1n) is 11.1. The van der Waals surface area contributed by atoms with E-state index in [0.717, 1.165) is 30.7 Å². The lowest BCUT2D eigenvalue weighted by molar-refractivity contribution is 0.0960. The number of halogens is 3. The third-order valence-corrected chi connectivity index (χ3v) is 8.93. The maximum absolute atomic E-state index is 14.2. The molecule has 0 N–H and O–H groups in total. The fourth-order valence-corrected chi connectivity index (χ4v) is 6.56. The van der Waals surface area contributed by atoms with Gasteiger partial charge in [0.05, 0.1) is 28.6 Å². The molecule has 1 aromatic heterocycles. The van der Waals surface area contributed by atoms with Gasteiger partial charge >= 0.3 is 0 Å². The summed E-state index contributed by atoms with van der Waals surface area (Å²) in [4.78, 5) is 4.75. The zero-order valence-electron chi connectivity index (χ0n) is 18.9. The van der Waals surface area contributed by atoms with Crippen LogP contribution in [0.15, 0.2) is 40.4 Å². The average molecular weight is 514 g/mol. The lowest BCUT2D eigenvalue weighted by Gasteiger charge is -2.18. The third kappa shape index (κ3) is 4.98. The predicted molar refractivity (Wildman–Crippen MR) is 125 cm³/mol. The van der Waals surface area contributed by atoms with Crippen molar-refractivity contribution in [2.45, 2.75) is 55.1 Å². The Bertz CT molecular complexity index is 1290. The lowest BCUT2D eigenvalue weighted by atomic mass is 10.2. The smallest absolute Gasteiger partial charge is 0.243 e. The topological polar surface area (TPSA) is 64.4 Å². The number of benzene rings is 2. The van der Waals surface area contributed by atoms with Gasteiger partial charge in [0.1, 0.15) is 5.82 Å². The van der Waals surface area contributed by atoms with Crippen LogP contribution in [0.2, 0.25) is 0 Å². The molecule has 1 aliphatic heterocycles. The Morgan fingerprint density at radius 2 is 1.94 bits per heavy atom. The maximum atomic E-state index is 14.2. The average Bonchev–Trinajstić information content (AvgIpc) is 3.44. The van der Waals surface area contributed by atoms with Crippen LogP contribution in [0.5, 0.6) is 0 Å². The van der Waals surface area contributed by atoms with Crippen LogP contribution in [0.25, 0.3) is 11.0 Å². The first kappa shape index (κ1) is 25.0. The van der Waals surface area contributed by atoms with Gasteiger partial charge in [-0.25, -0.2) is 26.6 Å². The van der Waals surface area contributed by atoms with Crippen LogP contribution < -0.4 is 0 Å². The van der Waals surface area contributed by atoms with Crippen LogP contribution in [0.3, 0.4) is 0 Å². The number of ether oxygens (including phenoxy) is 1. The van der Waals surface area contributed by atoms with E-state index >= 15 is 0 Å². The lowest BCUT2D eigenvalue weighted by Crippen LogP contribution is -2.30. The minimum absolute atomic E-state index is 0.0285.